The number of hydrogen-bond donors (Lipinski definition) is 1. The lowest BCUT2D eigenvalue weighted by Gasteiger charge is -2.36. The van der Waals surface area contributed by atoms with Crippen LogP contribution in [0.4, 0.5) is 4.39 Å². The van der Waals surface area contributed by atoms with E-state index < -0.39 is 0 Å². The highest BCUT2D eigenvalue weighted by molar-refractivity contribution is 5.84. The molecule has 4 nitrogen and oxygen atoms in total. The fourth-order valence-corrected chi connectivity index (χ4v) is 4.63. The Bertz CT molecular complexity index is 1210. The zero-order valence-electron chi connectivity index (χ0n) is 17.3. The Morgan fingerprint density at radius 3 is 2.87 bits per heavy atom. The predicted octanol–water partition coefficient (Wildman–Crippen LogP) is 5.36. The van der Waals surface area contributed by atoms with Crippen molar-refractivity contribution in [3.8, 4) is 5.69 Å². The maximum absolute atomic E-state index is 13.8. The van der Waals surface area contributed by atoms with Crippen molar-refractivity contribution in [2.45, 2.75) is 39.3 Å². The van der Waals surface area contributed by atoms with Crippen molar-refractivity contribution in [3.63, 3.8) is 0 Å². The third kappa shape index (κ3) is 3.50. The molecule has 0 spiro atoms. The summed E-state index contributed by atoms with van der Waals surface area (Å²) in [5, 5.41) is 10.8. The van der Waals surface area contributed by atoms with E-state index in [9.17, 15) is 4.39 Å². The standard InChI is InChI=1S/C25H25FN4/c1-25(2)12-23(28-15-18-6-3-5-17-14-27-10-9-21(17)18)22-16-29-30(24(22)13-25)20-8-4-7-19(26)11-20/h3-11,14,16,23,28H,12-13,15H2,1-2H3. The van der Waals surface area contributed by atoms with Gasteiger partial charge >= 0.3 is 0 Å². The maximum atomic E-state index is 13.8. The van der Waals surface area contributed by atoms with Gasteiger partial charge in [0, 0.05) is 41.6 Å². The predicted molar refractivity (Wildman–Crippen MR) is 117 cm³/mol. The molecular formula is C25H25FN4. The quantitative estimate of drug-likeness (QED) is 0.501. The molecule has 0 amide bonds. The zero-order valence-corrected chi connectivity index (χ0v) is 17.3. The number of pyridine rings is 1. The molecule has 0 saturated carbocycles. The van der Waals surface area contributed by atoms with E-state index >= 15 is 0 Å². The lowest BCUT2D eigenvalue weighted by molar-refractivity contribution is 0.253. The molecule has 0 radical (unpaired) electrons. The molecule has 1 aliphatic rings. The number of aromatic nitrogens is 3. The molecule has 5 heteroatoms. The van der Waals surface area contributed by atoms with Gasteiger partial charge in [0.2, 0.25) is 0 Å². The van der Waals surface area contributed by atoms with Crippen LogP contribution in [0.5, 0.6) is 0 Å². The Balaban J connectivity index is 1.47. The second-order valence-electron chi connectivity index (χ2n) is 8.93. The van der Waals surface area contributed by atoms with Gasteiger partial charge in [0.05, 0.1) is 11.9 Å². The van der Waals surface area contributed by atoms with E-state index in [2.05, 4.69) is 53.5 Å². The molecule has 1 unspecified atom stereocenters. The van der Waals surface area contributed by atoms with Crippen LogP contribution < -0.4 is 5.32 Å². The van der Waals surface area contributed by atoms with E-state index in [1.54, 1.807) is 12.1 Å². The summed E-state index contributed by atoms with van der Waals surface area (Å²) in [6, 6.07) is 15.3. The molecule has 2 heterocycles. The molecule has 4 aromatic rings. The van der Waals surface area contributed by atoms with Crippen LogP contribution in [-0.2, 0) is 13.0 Å². The van der Waals surface area contributed by atoms with Crippen molar-refractivity contribution < 1.29 is 4.39 Å². The smallest absolute Gasteiger partial charge is 0.125 e. The summed E-state index contributed by atoms with van der Waals surface area (Å²) in [4.78, 5) is 4.23. The topological polar surface area (TPSA) is 42.7 Å². The van der Waals surface area contributed by atoms with Crippen LogP contribution in [0.3, 0.4) is 0 Å². The first-order valence-corrected chi connectivity index (χ1v) is 10.4. The van der Waals surface area contributed by atoms with Crippen molar-refractivity contribution in [1.29, 1.82) is 0 Å². The van der Waals surface area contributed by atoms with Gasteiger partial charge in [-0.3, -0.25) is 4.98 Å². The molecular weight excluding hydrogens is 375 g/mol. The van der Waals surface area contributed by atoms with Crippen molar-refractivity contribution in [1.82, 2.24) is 20.1 Å². The third-order valence-corrected chi connectivity index (χ3v) is 6.04. The van der Waals surface area contributed by atoms with Crippen molar-refractivity contribution in [2.24, 2.45) is 5.41 Å². The Labute approximate surface area is 175 Å². The number of halogens is 1. The summed E-state index contributed by atoms with van der Waals surface area (Å²) in [5.74, 6) is -0.244. The summed E-state index contributed by atoms with van der Waals surface area (Å²) in [7, 11) is 0. The molecule has 1 aliphatic carbocycles. The van der Waals surface area contributed by atoms with Crippen LogP contribution in [0, 0.1) is 11.2 Å². The highest BCUT2D eigenvalue weighted by Crippen LogP contribution is 2.41. The molecule has 0 saturated heterocycles. The molecule has 30 heavy (non-hydrogen) atoms. The Hall–Kier alpha value is -3.05. The number of benzene rings is 2. The molecule has 5 rings (SSSR count). The largest absolute Gasteiger partial charge is 0.306 e. The molecule has 2 aromatic carbocycles. The molecule has 152 valence electrons. The maximum Gasteiger partial charge on any atom is 0.125 e. The van der Waals surface area contributed by atoms with Gasteiger partial charge < -0.3 is 5.32 Å². The van der Waals surface area contributed by atoms with E-state index in [4.69, 9.17) is 0 Å². The minimum atomic E-state index is -0.244. The highest BCUT2D eigenvalue weighted by Gasteiger charge is 2.35. The van der Waals surface area contributed by atoms with E-state index in [0.29, 0.717) is 0 Å². The second-order valence-corrected chi connectivity index (χ2v) is 8.93. The van der Waals surface area contributed by atoms with Crippen molar-refractivity contribution in [2.75, 3.05) is 0 Å². The van der Waals surface area contributed by atoms with Gasteiger partial charge in [0.1, 0.15) is 5.82 Å². The van der Waals surface area contributed by atoms with E-state index in [1.165, 1.54) is 22.6 Å². The molecule has 1 atom stereocenters. The third-order valence-electron chi connectivity index (χ3n) is 6.04. The Kier molecular flexibility index (Phi) is 4.63. The van der Waals surface area contributed by atoms with Crippen LogP contribution in [0.25, 0.3) is 16.5 Å². The lowest BCUT2D eigenvalue weighted by atomic mass is 9.74. The highest BCUT2D eigenvalue weighted by atomic mass is 19.1. The number of nitrogens with zero attached hydrogens (tertiary/aromatic N) is 3. The molecule has 0 bridgehead atoms. The van der Waals surface area contributed by atoms with Gasteiger partial charge in [0.25, 0.3) is 0 Å². The number of rotatable bonds is 4. The minimum absolute atomic E-state index is 0.123. The van der Waals surface area contributed by atoms with Gasteiger partial charge in [-0.25, -0.2) is 9.07 Å². The van der Waals surface area contributed by atoms with Crippen LogP contribution in [0.1, 0.15) is 43.1 Å². The van der Waals surface area contributed by atoms with E-state index in [-0.39, 0.29) is 17.3 Å². The van der Waals surface area contributed by atoms with Gasteiger partial charge in [-0.1, -0.05) is 38.1 Å². The molecule has 1 N–H and O–H groups in total. The van der Waals surface area contributed by atoms with Crippen LogP contribution in [0.2, 0.25) is 0 Å². The lowest BCUT2D eigenvalue weighted by Crippen LogP contribution is -2.33. The van der Waals surface area contributed by atoms with E-state index in [1.807, 2.05) is 29.3 Å². The summed E-state index contributed by atoms with van der Waals surface area (Å²) < 4.78 is 15.7. The monoisotopic (exact) mass is 400 g/mol. The van der Waals surface area contributed by atoms with Gasteiger partial charge in [-0.2, -0.15) is 5.10 Å². The average Bonchev–Trinajstić information content (AvgIpc) is 3.14. The summed E-state index contributed by atoms with van der Waals surface area (Å²) in [5.41, 5.74) is 4.53. The Morgan fingerprint density at radius 2 is 2.00 bits per heavy atom. The van der Waals surface area contributed by atoms with Crippen molar-refractivity contribution >= 4 is 10.8 Å². The van der Waals surface area contributed by atoms with Crippen LogP contribution in [-0.4, -0.2) is 14.8 Å². The fourth-order valence-electron chi connectivity index (χ4n) is 4.63. The Morgan fingerprint density at radius 1 is 1.13 bits per heavy atom. The SMILES string of the molecule is CC1(C)Cc2c(cnn2-c2cccc(F)c2)C(NCc2cccc3cnccc23)C1. The first-order chi connectivity index (χ1) is 14.5. The molecule has 0 fully saturated rings. The summed E-state index contributed by atoms with van der Waals surface area (Å²) in [6.45, 7) is 5.35. The van der Waals surface area contributed by atoms with Gasteiger partial charge in [-0.05, 0) is 53.5 Å². The zero-order chi connectivity index (χ0) is 20.7. The summed E-state index contributed by atoms with van der Waals surface area (Å²) in [6.07, 6.45) is 7.64. The number of fused-ring (bicyclic) bond motifs is 2. The first-order valence-electron chi connectivity index (χ1n) is 10.4. The van der Waals surface area contributed by atoms with Crippen LogP contribution in [0.15, 0.2) is 67.1 Å². The molecule has 0 aliphatic heterocycles. The first kappa shape index (κ1) is 18.9. The summed E-state index contributed by atoms with van der Waals surface area (Å²) >= 11 is 0. The average molecular weight is 401 g/mol. The normalized spacial score (nSPS) is 17.8. The molecule has 2 aromatic heterocycles. The van der Waals surface area contributed by atoms with Crippen molar-refractivity contribution in [3.05, 3.63) is 89.8 Å². The van der Waals surface area contributed by atoms with Gasteiger partial charge in [-0.15, -0.1) is 0 Å². The van der Waals surface area contributed by atoms with Gasteiger partial charge in [0.15, 0.2) is 0 Å². The van der Waals surface area contributed by atoms with E-state index in [0.717, 1.165) is 36.2 Å². The second kappa shape index (κ2) is 7.33. The number of hydrogen-bond acceptors (Lipinski definition) is 3. The number of nitrogens with one attached hydrogen (secondary N) is 1. The van der Waals surface area contributed by atoms with Crippen LogP contribution >= 0.6 is 0 Å². The minimum Gasteiger partial charge on any atom is -0.306 e. The fraction of sp³-hybridized carbons (Fsp3) is 0.280.